The van der Waals surface area contributed by atoms with Crippen LogP contribution >= 0.6 is 27.7 Å². The van der Waals surface area contributed by atoms with Gasteiger partial charge in [-0.25, -0.2) is 4.98 Å². The van der Waals surface area contributed by atoms with Crippen LogP contribution in [-0.2, 0) is 0 Å². The Hall–Kier alpha value is -2.18. The zero-order valence-corrected chi connectivity index (χ0v) is 14.3. The molecular formula is C17H12BrN3OS. The number of carbonyl (C=O) groups excluding carboxylic acids is 1. The molecule has 0 unspecified atom stereocenters. The molecule has 114 valence electrons. The maximum atomic E-state index is 12.5. The SMILES string of the molecule is O=C(Nc1cccnc1)c1cccnc1Sc1ccc(Br)cc1. The van der Waals surface area contributed by atoms with Crippen molar-refractivity contribution in [1.29, 1.82) is 0 Å². The summed E-state index contributed by atoms with van der Waals surface area (Å²) in [5, 5.41) is 3.49. The fraction of sp³-hybridized carbons (Fsp3) is 0. The summed E-state index contributed by atoms with van der Waals surface area (Å²) in [6.45, 7) is 0. The van der Waals surface area contributed by atoms with Gasteiger partial charge in [-0.1, -0.05) is 27.7 Å². The first-order valence-corrected chi connectivity index (χ1v) is 8.43. The van der Waals surface area contributed by atoms with E-state index < -0.39 is 0 Å². The summed E-state index contributed by atoms with van der Waals surface area (Å²) >= 11 is 4.86. The monoisotopic (exact) mass is 385 g/mol. The summed E-state index contributed by atoms with van der Waals surface area (Å²) < 4.78 is 1.01. The number of hydrogen-bond donors (Lipinski definition) is 1. The summed E-state index contributed by atoms with van der Waals surface area (Å²) in [6.07, 6.45) is 4.95. The number of pyridine rings is 2. The molecule has 0 saturated heterocycles. The molecule has 1 aromatic carbocycles. The Morgan fingerprint density at radius 1 is 1.04 bits per heavy atom. The van der Waals surface area contributed by atoms with Crippen LogP contribution in [0.1, 0.15) is 10.4 Å². The predicted octanol–water partition coefficient (Wildman–Crippen LogP) is 4.64. The molecule has 0 aliphatic heterocycles. The van der Waals surface area contributed by atoms with Crippen LogP contribution in [0.5, 0.6) is 0 Å². The van der Waals surface area contributed by atoms with Gasteiger partial charge in [-0.05, 0) is 48.5 Å². The molecule has 4 nitrogen and oxygen atoms in total. The lowest BCUT2D eigenvalue weighted by molar-refractivity contribution is 0.102. The van der Waals surface area contributed by atoms with E-state index in [0.29, 0.717) is 16.3 Å². The second-order valence-corrected chi connectivity index (χ2v) is 6.59. The third kappa shape index (κ3) is 4.18. The summed E-state index contributed by atoms with van der Waals surface area (Å²) in [5.41, 5.74) is 1.19. The Kier molecular flexibility index (Phi) is 5.05. The Morgan fingerprint density at radius 2 is 1.83 bits per heavy atom. The predicted molar refractivity (Wildman–Crippen MR) is 94.7 cm³/mol. The quantitative estimate of drug-likeness (QED) is 0.710. The lowest BCUT2D eigenvalue weighted by atomic mass is 10.2. The number of benzene rings is 1. The van der Waals surface area contributed by atoms with Crippen LogP contribution in [0, 0.1) is 0 Å². The van der Waals surface area contributed by atoms with Crippen LogP contribution in [0.4, 0.5) is 5.69 Å². The van der Waals surface area contributed by atoms with Crippen LogP contribution in [-0.4, -0.2) is 15.9 Å². The standard InChI is InChI=1S/C17H12BrN3OS/c18-12-5-7-14(8-6-12)23-17-15(4-2-10-20-17)16(22)21-13-3-1-9-19-11-13/h1-11H,(H,21,22). The van der Waals surface area contributed by atoms with Gasteiger partial charge >= 0.3 is 0 Å². The Labute approximate surface area is 146 Å². The molecule has 23 heavy (non-hydrogen) atoms. The van der Waals surface area contributed by atoms with E-state index in [1.807, 2.05) is 24.3 Å². The van der Waals surface area contributed by atoms with Crippen LogP contribution < -0.4 is 5.32 Å². The Morgan fingerprint density at radius 3 is 2.57 bits per heavy atom. The molecule has 0 atom stereocenters. The van der Waals surface area contributed by atoms with Gasteiger partial charge < -0.3 is 5.32 Å². The lowest BCUT2D eigenvalue weighted by Crippen LogP contribution is -2.13. The molecule has 0 fully saturated rings. The highest BCUT2D eigenvalue weighted by atomic mass is 79.9. The minimum absolute atomic E-state index is 0.203. The molecule has 0 aliphatic carbocycles. The van der Waals surface area contributed by atoms with E-state index >= 15 is 0 Å². The number of rotatable bonds is 4. The van der Waals surface area contributed by atoms with Crippen molar-refractivity contribution in [2.45, 2.75) is 9.92 Å². The van der Waals surface area contributed by atoms with Crippen molar-refractivity contribution in [3.05, 3.63) is 77.2 Å². The number of nitrogens with zero attached hydrogens (tertiary/aromatic N) is 2. The molecule has 0 aliphatic rings. The van der Waals surface area contributed by atoms with E-state index in [-0.39, 0.29) is 5.91 Å². The number of carbonyl (C=O) groups is 1. The Bertz CT molecular complexity index is 810. The van der Waals surface area contributed by atoms with Crippen LogP contribution in [0.3, 0.4) is 0 Å². The number of aromatic nitrogens is 2. The van der Waals surface area contributed by atoms with Crippen molar-refractivity contribution < 1.29 is 4.79 Å². The van der Waals surface area contributed by atoms with Crippen LogP contribution in [0.2, 0.25) is 0 Å². The van der Waals surface area contributed by atoms with Crippen molar-refractivity contribution in [3.8, 4) is 0 Å². The second kappa shape index (κ2) is 7.39. The van der Waals surface area contributed by atoms with E-state index in [1.54, 1.807) is 42.9 Å². The normalized spacial score (nSPS) is 10.3. The van der Waals surface area contributed by atoms with Crippen molar-refractivity contribution in [2.75, 3.05) is 5.32 Å². The molecule has 1 N–H and O–H groups in total. The topological polar surface area (TPSA) is 54.9 Å². The summed E-state index contributed by atoms with van der Waals surface area (Å²) in [5.74, 6) is -0.203. The lowest BCUT2D eigenvalue weighted by Gasteiger charge is -2.09. The van der Waals surface area contributed by atoms with Crippen molar-refractivity contribution >= 4 is 39.3 Å². The summed E-state index contributed by atoms with van der Waals surface area (Å²) in [7, 11) is 0. The van der Waals surface area contributed by atoms with E-state index in [9.17, 15) is 4.79 Å². The molecule has 3 aromatic rings. The molecule has 1 amide bonds. The first kappa shape index (κ1) is 15.7. The first-order chi connectivity index (χ1) is 11.2. The summed E-state index contributed by atoms with van der Waals surface area (Å²) in [6, 6.07) is 15.0. The van der Waals surface area contributed by atoms with Gasteiger partial charge in [0, 0.05) is 21.8 Å². The molecule has 2 heterocycles. The van der Waals surface area contributed by atoms with E-state index in [0.717, 1.165) is 9.37 Å². The highest BCUT2D eigenvalue weighted by Gasteiger charge is 2.13. The Balaban J connectivity index is 1.82. The molecule has 0 radical (unpaired) electrons. The molecular weight excluding hydrogens is 374 g/mol. The third-order valence-electron chi connectivity index (χ3n) is 2.96. The van der Waals surface area contributed by atoms with Gasteiger partial charge in [0.15, 0.2) is 0 Å². The highest BCUT2D eigenvalue weighted by molar-refractivity contribution is 9.10. The van der Waals surface area contributed by atoms with Crippen LogP contribution in [0.25, 0.3) is 0 Å². The molecule has 0 spiro atoms. The minimum Gasteiger partial charge on any atom is -0.321 e. The van der Waals surface area contributed by atoms with Gasteiger partial charge in [-0.2, -0.15) is 0 Å². The van der Waals surface area contributed by atoms with Crippen molar-refractivity contribution in [1.82, 2.24) is 9.97 Å². The number of halogens is 1. The minimum atomic E-state index is -0.203. The first-order valence-electron chi connectivity index (χ1n) is 6.82. The fourth-order valence-electron chi connectivity index (χ4n) is 1.89. The molecule has 3 rings (SSSR count). The zero-order chi connectivity index (χ0) is 16.1. The highest BCUT2D eigenvalue weighted by Crippen LogP contribution is 2.29. The number of anilines is 1. The number of hydrogen-bond acceptors (Lipinski definition) is 4. The fourth-order valence-corrected chi connectivity index (χ4v) is 3.04. The van der Waals surface area contributed by atoms with Gasteiger partial charge in [0.1, 0.15) is 5.03 Å². The van der Waals surface area contributed by atoms with E-state index in [4.69, 9.17) is 0 Å². The van der Waals surface area contributed by atoms with E-state index in [1.165, 1.54) is 11.8 Å². The molecule has 2 aromatic heterocycles. The smallest absolute Gasteiger partial charge is 0.258 e. The molecule has 0 saturated carbocycles. The maximum absolute atomic E-state index is 12.5. The van der Waals surface area contributed by atoms with Gasteiger partial charge in [0.05, 0.1) is 17.4 Å². The molecule has 6 heteroatoms. The number of amides is 1. The van der Waals surface area contributed by atoms with Gasteiger partial charge in [-0.3, -0.25) is 9.78 Å². The van der Waals surface area contributed by atoms with Crippen molar-refractivity contribution in [2.24, 2.45) is 0 Å². The zero-order valence-electron chi connectivity index (χ0n) is 11.9. The van der Waals surface area contributed by atoms with E-state index in [2.05, 4.69) is 31.2 Å². The van der Waals surface area contributed by atoms with Gasteiger partial charge in [-0.15, -0.1) is 0 Å². The average molecular weight is 386 g/mol. The van der Waals surface area contributed by atoms with Gasteiger partial charge in [0.25, 0.3) is 5.91 Å². The maximum Gasteiger partial charge on any atom is 0.258 e. The number of nitrogens with one attached hydrogen (secondary N) is 1. The largest absolute Gasteiger partial charge is 0.321 e. The van der Waals surface area contributed by atoms with Crippen molar-refractivity contribution in [3.63, 3.8) is 0 Å². The molecule has 0 bridgehead atoms. The van der Waals surface area contributed by atoms with Gasteiger partial charge in [0.2, 0.25) is 0 Å². The van der Waals surface area contributed by atoms with Crippen LogP contribution in [0.15, 0.2) is 81.5 Å². The summed E-state index contributed by atoms with van der Waals surface area (Å²) in [4.78, 5) is 21.8. The average Bonchev–Trinajstić information content (AvgIpc) is 2.58. The second-order valence-electron chi connectivity index (χ2n) is 4.61. The third-order valence-corrected chi connectivity index (χ3v) is 4.52.